The molecule has 1 aromatic heterocycles. The third-order valence-corrected chi connectivity index (χ3v) is 8.48. The van der Waals surface area contributed by atoms with Gasteiger partial charge in [0.1, 0.15) is 0 Å². The number of piperidine rings is 1. The maximum absolute atomic E-state index is 12.9. The first kappa shape index (κ1) is 24.4. The van der Waals surface area contributed by atoms with Gasteiger partial charge >= 0.3 is 5.97 Å². The molecule has 0 bridgehead atoms. The molecule has 0 aliphatic carbocycles. The van der Waals surface area contributed by atoms with E-state index >= 15 is 0 Å². The van der Waals surface area contributed by atoms with Crippen molar-refractivity contribution in [3.05, 3.63) is 52.2 Å². The van der Waals surface area contributed by atoms with Crippen LogP contribution in [-0.2, 0) is 30.9 Å². The molecule has 32 heavy (non-hydrogen) atoms. The van der Waals surface area contributed by atoms with Crippen LogP contribution in [0.2, 0.25) is 0 Å². The number of hydrogen-bond donors (Lipinski definition) is 0. The van der Waals surface area contributed by atoms with Gasteiger partial charge in [-0.15, -0.1) is 11.3 Å². The van der Waals surface area contributed by atoms with Crippen molar-refractivity contribution in [3.63, 3.8) is 0 Å². The van der Waals surface area contributed by atoms with Crippen molar-refractivity contribution in [2.24, 2.45) is 5.92 Å². The Hall–Kier alpha value is -2.23. The van der Waals surface area contributed by atoms with Gasteiger partial charge < -0.3 is 9.64 Å². The van der Waals surface area contributed by atoms with E-state index in [2.05, 4.69) is 13.8 Å². The van der Waals surface area contributed by atoms with Gasteiger partial charge in [-0.1, -0.05) is 32.0 Å². The molecule has 174 valence electrons. The number of hydrogen-bond acceptors (Lipinski definition) is 6. The molecule has 1 amide bonds. The predicted molar refractivity (Wildman–Crippen MR) is 124 cm³/mol. The maximum atomic E-state index is 12.9. The lowest BCUT2D eigenvalue weighted by molar-refractivity contribution is -0.156. The Balaban J connectivity index is 1.48. The molecule has 0 radical (unpaired) electrons. The van der Waals surface area contributed by atoms with Crippen molar-refractivity contribution in [3.8, 4) is 0 Å². The lowest BCUT2D eigenvalue weighted by atomic mass is 9.98. The fraction of sp³-hybridized carbons (Fsp3) is 0.478. The van der Waals surface area contributed by atoms with Crippen LogP contribution in [-0.4, -0.2) is 56.2 Å². The van der Waals surface area contributed by atoms with Crippen molar-refractivity contribution in [2.75, 3.05) is 26.7 Å². The number of carbonyl (C=O) groups is 2. The zero-order valence-electron chi connectivity index (χ0n) is 18.7. The van der Waals surface area contributed by atoms with E-state index in [-0.39, 0.29) is 30.5 Å². The van der Waals surface area contributed by atoms with Crippen molar-refractivity contribution in [1.29, 1.82) is 0 Å². The highest BCUT2D eigenvalue weighted by Gasteiger charge is 2.33. The van der Waals surface area contributed by atoms with E-state index in [0.29, 0.717) is 25.3 Å². The average molecular weight is 479 g/mol. The third kappa shape index (κ3) is 5.96. The van der Waals surface area contributed by atoms with Gasteiger partial charge in [0, 0.05) is 25.0 Å². The predicted octanol–water partition coefficient (Wildman–Crippen LogP) is 3.47. The van der Waals surface area contributed by atoms with Crippen molar-refractivity contribution < 1.29 is 22.7 Å². The Bertz CT molecular complexity index is 1010. The minimum Gasteiger partial charge on any atom is -0.455 e. The van der Waals surface area contributed by atoms with Gasteiger partial charge in [0.15, 0.2) is 6.61 Å². The summed E-state index contributed by atoms with van der Waals surface area (Å²) in [5.74, 6) is -0.783. The van der Waals surface area contributed by atoms with Gasteiger partial charge in [0.2, 0.25) is 10.0 Å². The minimum atomic E-state index is -3.59. The normalized spacial score (nSPS) is 15.6. The van der Waals surface area contributed by atoms with Crippen LogP contribution in [0.5, 0.6) is 0 Å². The topological polar surface area (TPSA) is 84.0 Å². The van der Waals surface area contributed by atoms with E-state index in [1.165, 1.54) is 9.21 Å². The second-order valence-corrected chi connectivity index (χ2v) is 11.3. The van der Waals surface area contributed by atoms with E-state index in [1.807, 2.05) is 29.6 Å². The Morgan fingerprint density at radius 2 is 1.81 bits per heavy atom. The van der Waals surface area contributed by atoms with Crippen LogP contribution in [0.1, 0.15) is 43.0 Å². The van der Waals surface area contributed by atoms with Crippen LogP contribution in [0.25, 0.3) is 0 Å². The number of benzene rings is 1. The highest BCUT2D eigenvalue weighted by molar-refractivity contribution is 7.89. The monoisotopic (exact) mass is 478 g/mol. The first-order valence-corrected chi connectivity index (χ1v) is 13.0. The molecule has 0 saturated carbocycles. The van der Waals surface area contributed by atoms with E-state index in [0.717, 1.165) is 10.4 Å². The Morgan fingerprint density at radius 1 is 1.16 bits per heavy atom. The number of carbonyl (C=O) groups excluding carboxylic acids is 2. The summed E-state index contributed by atoms with van der Waals surface area (Å²) >= 11 is 1.56. The number of rotatable bonds is 8. The lowest BCUT2D eigenvalue weighted by Gasteiger charge is -2.30. The van der Waals surface area contributed by atoms with Gasteiger partial charge in [-0.25, -0.2) is 8.42 Å². The van der Waals surface area contributed by atoms with Gasteiger partial charge in [0.05, 0.1) is 17.4 Å². The highest BCUT2D eigenvalue weighted by Crippen LogP contribution is 2.26. The molecular formula is C23H30N2O5S2. The van der Waals surface area contributed by atoms with Crippen molar-refractivity contribution in [2.45, 2.75) is 44.0 Å². The van der Waals surface area contributed by atoms with E-state index in [9.17, 15) is 18.0 Å². The third-order valence-electron chi connectivity index (χ3n) is 5.71. The quantitative estimate of drug-likeness (QED) is 0.543. The lowest BCUT2D eigenvalue weighted by Crippen LogP contribution is -2.41. The van der Waals surface area contributed by atoms with Crippen LogP contribution in [0.3, 0.4) is 0 Å². The zero-order valence-corrected chi connectivity index (χ0v) is 20.3. The molecule has 9 heteroatoms. The maximum Gasteiger partial charge on any atom is 0.309 e. The molecule has 0 unspecified atom stereocenters. The van der Waals surface area contributed by atoms with Crippen molar-refractivity contribution >= 4 is 33.2 Å². The summed E-state index contributed by atoms with van der Waals surface area (Å²) in [4.78, 5) is 27.5. The van der Waals surface area contributed by atoms with Crippen LogP contribution >= 0.6 is 11.3 Å². The summed E-state index contributed by atoms with van der Waals surface area (Å²) in [5.41, 5.74) is 1.08. The zero-order chi connectivity index (χ0) is 23.3. The number of amides is 1. The first-order valence-electron chi connectivity index (χ1n) is 10.7. The van der Waals surface area contributed by atoms with Crippen LogP contribution < -0.4 is 0 Å². The molecule has 7 nitrogen and oxygen atoms in total. The molecule has 1 aromatic carbocycles. The fourth-order valence-electron chi connectivity index (χ4n) is 3.59. The number of ether oxygens (including phenoxy) is 1. The molecule has 2 heterocycles. The Kier molecular flexibility index (Phi) is 8.08. The molecular weight excluding hydrogens is 448 g/mol. The fourth-order valence-corrected chi connectivity index (χ4v) is 5.82. The van der Waals surface area contributed by atoms with Gasteiger partial charge in [-0.05, 0) is 47.9 Å². The molecule has 0 N–H and O–H groups in total. The van der Waals surface area contributed by atoms with Gasteiger partial charge in [-0.3, -0.25) is 9.59 Å². The van der Waals surface area contributed by atoms with Crippen LogP contribution in [0.4, 0.5) is 0 Å². The Morgan fingerprint density at radius 3 is 2.38 bits per heavy atom. The smallest absolute Gasteiger partial charge is 0.309 e. The van der Waals surface area contributed by atoms with Gasteiger partial charge in [-0.2, -0.15) is 4.31 Å². The average Bonchev–Trinajstić information content (AvgIpc) is 3.30. The van der Waals surface area contributed by atoms with Crippen molar-refractivity contribution in [1.82, 2.24) is 9.21 Å². The summed E-state index contributed by atoms with van der Waals surface area (Å²) in [6.45, 7) is 4.79. The second-order valence-electron chi connectivity index (χ2n) is 8.34. The van der Waals surface area contributed by atoms with E-state index in [4.69, 9.17) is 4.74 Å². The molecule has 1 saturated heterocycles. The number of esters is 1. The summed E-state index contributed by atoms with van der Waals surface area (Å²) < 4.78 is 32.5. The standard InChI is InChI=1S/C23H30N2O5S2/c1-17(2)18-6-8-21(9-7-18)32(28,29)25-12-10-19(11-13-25)23(27)30-16-22(26)24(3)15-20-5-4-14-31-20/h4-9,14,17,19H,10-13,15-16H2,1-3H3. The minimum absolute atomic E-state index is 0.250. The number of likely N-dealkylation sites (N-methyl/N-ethyl adjacent to an activating group) is 1. The molecule has 1 aliphatic heterocycles. The number of sulfonamides is 1. The number of nitrogens with zero attached hydrogens (tertiary/aromatic N) is 2. The molecule has 1 fully saturated rings. The largest absolute Gasteiger partial charge is 0.455 e. The first-order chi connectivity index (χ1) is 15.2. The van der Waals surface area contributed by atoms with Crippen LogP contribution in [0, 0.1) is 5.92 Å². The van der Waals surface area contributed by atoms with Gasteiger partial charge in [0.25, 0.3) is 5.91 Å². The molecule has 0 spiro atoms. The Labute approximate surface area is 194 Å². The molecule has 2 aromatic rings. The van der Waals surface area contributed by atoms with E-state index in [1.54, 1.807) is 30.5 Å². The summed E-state index contributed by atoms with van der Waals surface area (Å²) in [5, 5.41) is 1.95. The van der Waals surface area contributed by atoms with Crippen LogP contribution in [0.15, 0.2) is 46.7 Å². The molecule has 3 rings (SSSR count). The highest BCUT2D eigenvalue weighted by atomic mass is 32.2. The molecule has 1 aliphatic rings. The van der Waals surface area contributed by atoms with E-state index < -0.39 is 21.9 Å². The SMILES string of the molecule is CC(C)c1ccc(S(=O)(=O)N2CCC(C(=O)OCC(=O)N(C)Cc3cccs3)CC2)cc1. The summed E-state index contributed by atoms with van der Waals surface area (Å²) in [6.07, 6.45) is 0.753. The summed E-state index contributed by atoms with van der Waals surface area (Å²) in [6, 6.07) is 10.8. The second kappa shape index (κ2) is 10.6. The molecule has 0 atom stereocenters. The summed E-state index contributed by atoms with van der Waals surface area (Å²) in [7, 11) is -1.92. The number of thiophene rings is 1.